The molecule has 0 aliphatic carbocycles. The molecule has 0 amide bonds. The van der Waals surface area contributed by atoms with Gasteiger partial charge in [-0.1, -0.05) is 11.8 Å². The molecule has 0 saturated heterocycles. The Kier molecular flexibility index (Phi) is 3.07. The molecule has 5 heteroatoms. The number of hydrogen-bond acceptors (Lipinski definition) is 3. The second kappa shape index (κ2) is 3.68. The molecule has 0 aliphatic heterocycles. The fourth-order valence-electron chi connectivity index (χ4n) is 0.0704. The molecule has 0 fully saturated rings. The largest absolute Gasteiger partial charge is 0.372 e. The highest BCUT2D eigenvalue weighted by Crippen LogP contribution is 2.41. The lowest BCUT2D eigenvalue weighted by atomic mass is 10.9. The number of carbonyl (C=O) groups is 1. The van der Waals surface area contributed by atoms with E-state index in [1.54, 1.807) is 0 Å². The van der Waals surface area contributed by atoms with Gasteiger partial charge in [0.2, 0.25) is 0 Å². The summed E-state index contributed by atoms with van der Waals surface area (Å²) in [6.45, 7) is 1.25. The Morgan fingerprint density at radius 3 is 2.71 bits per heavy atom. The Balaban J connectivity index is 4.15. The third-order valence-corrected chi connectivity index (χ3v) is 4.13. The van der Waals surface area contributed by atoms with E-state index in [-0.39, 0.29) is 5.52 Å². The van der Waals surface area contributed by atoms with E-state index in [2.05, 4.69) is 11.8 Å². The number of rotatable bonds is 2. The molecule has 2 unspecified atom stereocenters. The van der Waals surface area contributed by atoms with Gasteiger partial charge in [0.15, 0.2) is 5.52 Å². The summed E-state index contributed by atoms with van der Waals surface area (Å²) in [4.78, 5) is 18.6. The Hall–Kier alpha value is 0.710. The SMILES string of the molecule is [3H]P(=S)(PO)C(C)=O. The van der Waals surface area contributed by atoms with E-state index in [0.29, 0.717) is 0 Å². The standard InChI is InChI=1S/C2H6O2P2S/c1-2(3)6(7)5-4/h4-6H,1H3/i6T. The van der Waals surface area contributed by atoms with Crippen molar-refractivity contribution in [3.8, 4) is 0 Å². The van der Waals surface area contributed by atoms with Crippen LogP contribution in [0.4, 0.5) is 0 Å². The zero-order valence-corrected chi connectivity index (χ0v) is 6.42. The summed E-state index contributed by atoms with van der Waals surface area (Å²) in [5.41, 5.74) is -0.367. The van der Waals surface area contributed by atoms with Gasteiger partial charge in [0.25, 0.3) is 0 Å². The highest BCUT2D eigenvalue weighted by Gasteiger charge is 1.95. The van der Waals surface area contributed by atoms with Crippen molar-refractivity contribution >= 4 is 32.2 Å². The maximum absolute atomic E-state index is 10.3. The van der Waals surface area contributed by atoms with Gasteiger partial charge < -0.3 is 4.89 Å². The molecule has 0 rings (SSSR count). The van der Waals surface area contributed by atoms with Gasteiger partial charge in [0.05, 0.1) is 7.61 Å². The van der Waals surface area contributed by atoms with Gasteiger partial charge in [0, 0.05) is 8.50 Å². The van der Waals surface area contributed by atoms with Crippen molar-refractivity contribution in [2.45, 2.75) is 6.92 Å². The molecule has 0 aliphatic rings. The quantitative estimate of drug-likeness (QED) is 0.601. The van der Waals surface area contributed by atoms with Crippen LogP contribution in [-0.4, -0.2) is 11.7 Å². The van der Waals surface area contributed by atoms with Gasteiger partial charge >= 0.3 is 0 Å². The minimum Gasteiger partial charge on any atom is -0.372 e. The predicted molar refractivity (Wildman–Crippen MR) is 36.9 cm³/mol. The molecule has 2 nitrogen and oxygen atoms in total. The lowest BCUT2D eigenvalue weighted by Gasteiger charge is -1.87. The summed E-state index contributed by atoms with van der Waals surface area (Å²) in [5, 5.41) is 0. The van der Waals surface area contributed by atoms with Crippen LogP contribution < -0.4 is 0 Å². The smallest absolute Gasteiger partial charge is 0.164 e. The molecule has 0 aromatic heterocycles. The fraction of sp³-hybridized carbons (Fsp3) is 0.500. The summed E-state index contributed by atoms with van der Waals surface area (Å²) in [6, 6.07) is 0. The van der Waals surface area contributed by atoms with E-state index in [9.17, 15) is 4.79 Å². The zero-order valence-electron chi connectivity index (χ0n) is 4.71. The maximum atomic E-state index is 10.3. The van der Waals surface area contributed by atoms with Crippen LogP contribution in [0.3, 0.4) is 0 Å². The molecule has 0 spiro atoms. The van der Waals surface area contributed by atoms with E-state index in [0.717, 1.165) is 0 Å². The minimum absolute atomic E-state index is 0.367. The highest BCUT2D eigenvalue weighted by atomic mass is 32.6. The second-order valence-electron chi connectivity index (χ2n) is 0.913. The third kappa shape index (κ3) is 3.31. The summed E-state index contributed by atoms with van der Waals surface area (Å²) in [7, 11) is -0.692. The lowest BCUT2D eigenvalue weighted by Crippen LogP contribution is -1.71. The summed E-state index contributed by atoms with van der Waals surface area (Å²) in [6.07, 6.45) is -2.72. The van der Waals surface area contributed by atoms with Crippen LogP contribution in [0, 0.1) is 0 Å². The Labute approximate surface area is 50.8 Å². The van der Waals surface area contributed by atoms with Crippen molar-refractivity contribution in [3.63, 3.8) is 0 Å². The van der Waals surface area contributed by atoms with Crippen molar-refractivity contribution in [2.24, 2.45) is 0 Å². The normalized spacial score (nSPS) is 21.7. The first-order valence-electron chi connectivity index (χ1n) is 2.00. The summed E-state index contributed by atoms with van der Waals surface area (Å²) >= 11 is 4.46. The molecular weight excluding hydrogens is 150 g/mol. The van der Waals surface area contributed by atoms with Crippen LogP contribution in [0.15, 0.2) is 0 Å². The van der Waals surface area contributed by atoms with Crippen molar-refractivity contribution in [1.29, 1.82) is 1.28 Å². The van der Waals surface area contributed by atoms with E-state index in [4.69, 9.17) is 6.17 Å². The van der Waals surface area contributed by atoms with E-state index < -0.39 is 14.8 Å². The molecule has 0 radical (unpaired) electrons. The van der Waals surface area contributed by atoms with Gasteiger partial charge in [-0.2, -0.15) is 0 Å². The van der Waals surface area contributed by atoms with Gasteiger partial charge in [-0.25, -0.2) is 0 Å². The second-order valence-corrected chi connectivity index (χ2v) is 6.34. The first kappa shape index (κ1) is 5.84. The lowest BCUT2D eigenvalue weighted by molar-refractivity contribution is -0.109. The van der Waals surface area contributed by atoms with Gasteiger partial charge in [-0.15, -0.1) is 0 Å². The maximum Gasteiger partial charge on any atom is 0.164 e. The average Bonchev–Trinajstić information content (AvgIpc) is 1.67. The number of hydrogen-bond donors (Lipinski definition) is 1. The minimum atomic E-state index is -2.72. The molecule has 0 saturated carbocycles. The zero-order chi connectivity index (χ0) is 6.78. The highest BCUT2D eigenvalue weighted by molar-refractivity contribution is 8.43. The van der Waals surface area contributed by atoms with Crippen LogP contribution in [0.5, 0.6) is 0 Å². The first-order chi connectivity index (χ1) is 3.50. The van der Waals surface area contributed by atoms with Crippen molar-refractivity contribution in [2.75, 3.05) is 0 Å². The van der Waals surface area contributed by atoms with Gasteiger partial charge in [-0.3, -0.25) is 4.79 Å². The molecule has 0 bridgehead atoms. The van der Waals surface area contributed by atoms with Crippen LogP contribution in [-0.2, 0) is 16.6 Å². The molecule has 0 heterocycles. The monoisotopic (exact) mass is 158 g/mol. The molecule has 2 atom stereocenters. The average molecular weight is 158 g/mol. The van der Waals surface area contributed by atoms with Crippen LogP contribution >= 0.6 is 14.8 Å². The van der Waals surface area contributed by atoms with E-state index in [1.807, 2.05) is 0 Å². The van der Waals surface area contributed by atoms with E-state index in [1.165, 1.54) is 6.92 Å². The van der Waals surface area contributed by atoms with Gasteiger partial charge in [0.1, 0.15) is 0 Å². The Morgan fingerprint density at radius 2 is 2.71 bits per heavy atom. The van der Waals surface area contributed by atoms with Crippen LogP contribution in [0.2, 0.25) is 0 Å². The van der Waals surface area contributed by atoms with E-state index >= 15 is 0 Å². The molecule has 0 aromatic carbocycles. The summed E-state index contributed by atoms with van der Waals surface area (Å²) in [5.74, 6) is 0. The van der Waals surface area contributed by atoms with Crippen LogP contribution in [0.1, 0.15) is 6.92 Å². The number of carbonyl (C=O) groups excluding carboxylic acids is 1. The van der Waals surface area contributed by atoms with Crippen molar-refractivity contribution in [3.05, 3.63) is 0 Å². The molecule has 42 valence electrons. The predicted octanol–water partition coefficient (Wildman–Crippen LogP) is 0.710. The van der Waals surface area contributed by atoms with Crippen molar-refractivity contribution < 1.29 is 9.69 Å². The molecule has 7 heavy (non-hydrogen) atoms. The molecule has 1 N–H and O–H groups in total. The van der Waals surface area contributed by atoms with Crippen molar-refractivity contribution in [1.82, 2.24) is 0 Å². The topological polar surface area (TPSA) is 37.3 Å². The molecule has 0 aromatic rings. The Morgan fingerprint density at radius 1 is 2.29 bits per heavy atom. The first-order valence-corrected chi connectivity index (χ1v) is 5.70. The van der Waals surface area contributed by atoms with Gasteiger partial charge in [-0.05, 0) is 6.92 Å². The summed E-state index contributed by atoms with van der Waals surface area (Å²) < 4.78 is 6.97. The fourth-order valence-corrected chi connectivity index (χ4v) is 0.634. The molecular formula is C2H6O2P2S. The van der Waals surface area contributed by atoms with Crippen LogP contribution in [0.25, 0.3) is 0 Å². The third-order valence-electron chi connectivity index (χ3n) is 0.377. The Bertz CT molecular complexity index is 147.